The fourth-order valence-corrected chi connectivity index (χ4v) is 2.10. The fraction of sp³-hybridized carbons (Fsp3) is 0.562. The van der Waals surface area contributed by atoms with E-state index in [0.717, 1.165) is 37.1 Å². The summed E-state index contributed by atoms with van der Waals surface area (Å²) in [4.78, 5) is 6.89. The molecule has 7 nitrogen and oxygen atoms in total. The molecule has 0 fully saturated rings. The van der Waals surface area contributed by atoms with Gasteiger partial charge in [-0.25, -0.2) is 4.99 Å². The molecular weight excluding hydrogens is 290 g/mol. The summed E-state index contributed by atoms with van der Waals surface area (Å²) >= 11 is 0. The lowest BCUT2D eigenvalue weighted by Gasteiger charge is -2.21. The lowest BCUT2D eigenvalue weighted by Crippen LogP contribution is -2.42. The highest BCUT2D eigenvalue weighted by Gasteiger charge is 2.06. The maximum absolute atomic E-state index is 4.60. The molecule has 2 N–H and O–H groups in total. The fourth-order valence-electron chi connectivity index (χ4n) is 2.10. The third kappa shape index (κ3) is 4.92. The van der Waals surface area contributed by atoms with E-state index in [1.54, 1.807) is 0 Å². The Labute approximate surface area is 137 Å². The molecule has 0 aromatic carbocycles. The predicted octanol–water partition coefficient (Wildman–Crippen LogP) is 1.12. The van der Waals surface area contributed by atoms with Crippen molar-refractivity contribution < 1.29 is 0 Å². The first kappa shape index (κ1) is 17.2. The molecule has 2 heterocycles. The van der Waals surface area contributed by atoms with Crippen LogP contribution in [0.3, 0.4) is 0 Å². The smallest absolute Gasteiger partial charge is 0.191 e. The van der Waals surface area contributed by atoms with Crippen molar-refractivity contribution in [3.63, 3.8) is 0 Å². The zero-order valence-electron chi connectivity index (χ0n) is 14.5. The molecule has 23 heavy (non-hydrogen) atoms. The maximum atomic E-state index is 4.60. The van der Waals surface area contributed by atoms with Crippen molar-refractivity contribution in [1.29, 1.82) is 0 Å². The van der Waals surface area contributed by atoms with Gasteiger partial charge in [0.15, 0.2) is 17.4 Å². The van der Waals surface area contributed by atoms with Gasteiger partial charge in [0.1, 0.15) is 6.54 Å². The van der Waals surface area contributed by atoms with Crippen molar-refractivity contribution in [3.8, 4) is 0 Å². The van der Waals surface area contributed by atoms with Gasteiger partial charge in [-0.3, -0.25) is 4.40 Å². The molecule has 0 saturated carbocycles. The van der Waals surface area contributed by atoms with Gasteiger partial charge in [-0.15, -0.1) is 10.2 Å². The Hall–Kier alpha value is -2.15. The van der Waals surface area contributed by atoms with Crippen molar-refractivity contribution in [2.24, 2.45) is 4.99 Å². The second-order valence-electron chi connectivity index (χ2n) is 5.74. The summed E-state index contributed by atoms with van der Waals surface area (Å²) in [5, 5.41) is 15.0. The molecule has 7 heteroatoms. The summed E-state index contributed by atoms with van der Waals surface area (Å²) in [7, 11) is 2.12. The van der Waals surface area contributed by atoms with Crippen LogP contribution >= 0.6 is 0 Å². The van der Waals surface area contributed by atoms with E-state index >= 15 is 0 Å². The Morgan fingerprint density at radius 3 is 2.87 bits per heavy atom. The van der Waals surface area contributed by atoms with E-state index < -0.39 is 0 Å². The number of fused-ring (bicyclic) bond motifs is 1. The van der Waals surface area contributed by atoms with Crippen molar-refractivity contribution in [1.82, 2.24) is 30.1 Å². The molecule has 0 saturated heterocycles. The van der Waals surface area contributed by atoms with Crippen LogP contribution in [-0.2, 0) is 6.54 Å². The molecule has 0 atom stereocenters. The monoisotopic (exact) mass is 317 g/mol. The van der Waals surface area contributed by atoms with Crippen molar-refractivity contribution in [3.05, 3.63) is 30.2 Å². The van der Waals surface area contributed by atoms with Gasteiger partial charge >= 0.3 is 0 Å². The molecule has 0 aliphatic rings. The Morgan fingerprint density at radius 2 is 2.13 bits per heavy atom. The molecular formula is C16H27N7. The highest BCUT2D eigenvalue weighted by molar-refractivity contribution is 5.79. The number of pyridine rings is 1. The molecule has 2 aromatic rings. The van der Waals surface area contributed by atoms with Gasteiger partial charge in [-0.1, -0.05) is 6.07 Å². The van der Waals surface area contributed by atoms with Gasteiger partial charge in [0, 0.05) is 31.9 Å². The Morgan fingerprint density at radius 1 is 1.30 bits per heavy atom. The first-order chi connectivity index (χ1) is 11.1. The molecule has 0 aliphatic heterocycles. The number of aromatic nitrogens is 3. The molecule has 126 valence electrons. The molecule has 0 amide bonds. The molecule has 0 spiro atoms. The number of hydrogen-bond acceptors (Lipinski definition) is 4. The third-order valence-corrected chi connectivity index (χ3v) is 3.75. The highest BCUT2D eigenvalue weighted by atomic mass is 15.3. The summed E-state index contributed by atoms with van der Waals surface area (Å²) in [6.45, 7) is 9.57. The van der Waals surface area contributed by atoms with Crippen LogP contribution in [-0.4, -0.2) is 58.2 Å². The average molecular weight is 317 g/mol. The lowest BCUT2D eigenvalue weighted by atomic mass is 10.3. The van der Waals surface area contributed by atoms with Crippen LogP contribution in [0.25, 0.3) is 5.65 Å². The molecule has 0 radical (unpaired) electrons. The van der Waals surface area contributed by atoms with E-state index in [1.807, 2.05) is 28.8 Å². The summed E-state index contributed by atoms with van der Waals surface area (Å²) in [5.41, 5.74) is 0.842. The van der Waals surface area contributed by atoms with E-state index in [4.69, 9.17) is 0 Å². The largest absolute Gasteiger partial charge is 0.357 e. The second kappa shape index (κ2) is 8.47. The van der Waals surface area contributed by atoms with Gasteiger partial charge in [-0.2, -0.15) is 0 Å². The van der Waals surface area contributed by atoms with E-state index in [2.05, 4.69) is 58.5 Å². The van der Waals surface area contributed by atoms with Crippen LogP contribution in [0.1, 0.15) is 26.6 Å². The van der Waals surface area contributed by atoms with Crippen molar-refractivity contribution in [2.75, 3.05) is 26.7 Å². The Kier molecular flexibility index (Phi) is 6.34. The van der Waals surface area contributed by atoms with Gasteiger partial charge in [0.25, 0.3) is 0 Å². The maximum Gasteiger partial charge on any atom is 0.191 e. The predicted molar refractivity (Wildman–Crippen MR) is 93.6 cm³/mol. The van der Waals surface area contributed by atoms with E-state index in [0.29, 0.717) is 12.6 Å². The number of nitrogens with one attached hydrogen (secondary N) is 2. The SMILES string of the molecule is CCNC(=NCc1nnc2ccccn12)NCCN(C)C(C)C. The number of nitrogens with zero attached hydrogens (tertiary/aromatic N) is 5. The van der Waals surface area contributed by atoms with Crippen LogP contribution in [0.5, 0.6) is 0 Å². The quantitative estimate of drug-likeness (QED) is 0.592. The Balaban J connectivity index is 1.95. The average Bonchev–Trinajstić information content (AvgIpc) is 2.95. The summed E-state index contributed by atoms with van der Waals surface area (Å²) in [5.74, 6) is 1.63. The van der Waals surface area contributed by atoms with Crippen LogP contribution in [0.4, 0.5) is 0 Å². The standard InChI is InChI=1S/C16H27N7/c1-5-17-16(18-9-11-22(4)13(2)3)19-12-15-21-20-14-8-6-7-10-23(14)15/h6-8,10,13H,5,9,11-12H2,1-4H3,(H2,17,18,19). The summed E-state index contributed by atoms with van der Waals surface area (Å²) in [6, 6.07) is 6.40. The highest BCUT2D eigenvalue weighted by Crippen LogP contribution is 2.03. The minimum absolute atomic E-state index is 0.487. The van der Waals surface area contributed by atoms with Gasteiger partial charge < -0.3 is 15.5 Å². The summed E-state index contributed by atoms with van der Waals surface area (Å²) < 4.78 is 1.96. The number of hydrogen-bond donors (Lipinski definition) is 2. The topological polar surface area (TPSA) is 69.8 Å². The van der Waals surface area contributed by atoms with E-state index in [9.17, 15) is 0 Å². The van der Waals surface area contributed by atoms with Crippen LogP contribution in [0.2, 0.25) is 0 Å². The van der Waals surface area contributed by atoms with Crippen molar-refractivity contribution >= 4 is 11.6 Å². The number of aliphatic imine (C=N–C) groups is 1. The molecule has 0 unspecified atom stereocenters. The van der Waals surface area contributed by atoms with Crippen LogP contribution in [0.15, 0.2) is 29.4 Å². The number of guanidine groups is 1. The number of rotatable bonds is 7. The first-order valence-corrected chi connectivity index (χ1v) is 8.13. The molecule has 2 rings (SSSR count). The van der Waals surface area contributed by atoms with Crippen molar-refractivity contribution in [2.45, 2.75) is 33.4 Å². The second-order valence-corrected chi connectivity index (χ2v) is 5.74. The van der Waals surface area contributed by atoms with E-state index in [1.165, 1.54) is 0 Å². The van der Waals surface area contributed by atoms with E-state index in [-0.39, 0.29) is 0 Å². The zero-order chi connectivity index (χ0) is 16.7. The van der Waals surface area contributed by atoms with Gasteiger partial charge in [0.2, 0.25) is 0 Å². The summed E-state index contributed by atoms with van der Waals surface area (Å²) in [6.07, 6.45) is 1.96. The minimum atomic E-state index is 0.487. The van der Waals surface area contributed by atoms with Gasteiger partial charge in [0.05, 0.1) is 0 Å². The Bertz CT molecular complexity index is 632. The number of likely N-dealkylation sites (N-methyl/N-ethyl adjacent to an activating group) is 1. The minimum Gasteiger partial charge on any atom is -0.357 e. The lowest BCUT2D eigenvalue weighted by molar-refractivity contribution is 0.278. The molecule has 2 aromatic heterocycles. The normalized spacial score (nSPS) is 12.3. The van der Waals surface area contributed by atoms with Crippen LogP contribution in [0, 0.1) is 0 Å². The van der Waals surface area contributed by atoms with Gasteiger partial charge in [-0.05, 0) is 40.0 Å². The third-order valence-electron chi connectivity index (χ3n) is 3.75. The van der Waals surface area contributed by atoms with Crippen LogP contribution < -0.4 is 10.6 Å². The molecule has 0 bridgehead atoms. The first-order valence-electron chi connectivity index (χ1n) is 8.13. The zero-order valence-corrected chi connectivity index (χ0v) is 14.5. The molecule has 0 aliphatic carbocycles.